The van der Waals surface area contributed by atoms with E-state index in [9.17, 15) is 0 Å². The molecule has 1 aromatic heterocycles. The van der Waals surface area contributed by atoms with Gasteiger partial charge < -0.3 is 10.6 Å². The van der Waals surface area contributed by atoms with Gasteiger partial charge in [-0.25, -0.2) is 4.98 Å². The van der Waals surface area contributed by atoms with Crippen LogP contribution in [0.3, 0.4) is 0 Å². The number of nitrogens with zero attached hydrogens (tertiary/aromatic N) is 3. The van der Waals surface area contributed by atoms with Crippen LogP contribution < -0.4 is 10.6 Å². The third kappa shape index (κ3) is 2.15. The summed E-state index contributed by atoms with van der Waals surface area (Å²) in [6, 6.07) is 0.457. The zero-order valence-electron chi connectivity index (χ0n) is 8.94. The minimum absolute atomic E-state index is 0.244. The van der Waals surface area contributed by atoms with Crippen LogP contribution in [0.25, 0.3) is 0 Å². The Morgan fingerprint density at radius 3 is 2.87 bits per heavy atom. The highest BCUT2D eigenvalue weighted by Crippen LogP contribution is 2.36. The van der Waals surface area contributed by atoms with E-state index in [0.29, 0.717) is 11.7 Å². The largest absolute Gasteiger partial charge is 0.394 e. The van der Waals surface area contributed by atoms with Gasteiger partial charge in [-0.05, 0) is 37.3 Å². The van der Waals surface area contributed by atoms with Crippen molar-refractivity contribution in [2.45, 2.75) is 25.8 Å². The smallest absolute Gasteiger partial charge is 0.224 e. The molecule has 0 spiro atoms. The van der Waals surface area contributed by atoms with Crippen molar-refractivity contribution >= 4 is 23.1 Å². The Morgan fingerprint density at radius 2 is 2.27 bits per heavy atom. The van der Waals surface area contributed by atoms with E-state index < -0.39 is 0 Å². The molecule has 0 aromatic carbocycles. The number of halogens is 1. The number of rotatable bonds is 3. The molecule has 1 unspecified atom stereocenters. The topological polar surface area (TPSA) is 55.0 Å². The Balaban J connectivity index is 2.23. The molecular formula is C10H15ClN4. The summed E-state index contributed by atoms with van der Waals surface area (Å²) in [7, 11) is 2.00. The molecule has 1 saturated carbocycles. The molecule has 2 rings (SSSR count). The average molecular weight is 227 g/mol. The number of nitrogen functional groups attached to an aromatic ring is 1. The Kier molecular flexibility index (Phi) is 2.69. The van der Waals surface area contributed by atoms with E-state index in [-0.39, 0.29) is 5.28 Å². The van der Waals surface area contributed by atoms with E-state index in [0.717, 1.165) is 11.7 Å². The van der Waals surface area contributed by atoms with Crippen LogP contribution in [0.15, 0.2) is 6.20 Å². The van der Waals surface area contributed by atoms with Crippen molar-refractivity contribution in [3.8, 4) is 0 Å². The second kappa shape index (κ2) is 3.85. The van der Waals surface area contributed by atoms with E-state index >= 15 is 0 Å². The first-order chi connectivity index (χ1) is 7.09. The Morgan fingerprint density at radius 1 is 1.60 bits per heavy atom. The van der Waals surface area contributed by atoms with Gasteiger partial charge in [-0.1, -0.05) is 0 Å². The second-order valence-electron chi connectivity index (χ2n) is 4.11. The molecule has 82 valence electrons. The van der Waals surface area contributed by atoms with Gasteiger partial charge in [0.15, 0.2) is 5.82 Å². The van der Waals surface area contributed by atoms with Crippen molar-refractivity contribution < 1.29 is 0 Å². The number of aromatic nitrogens is 2. The number of hydrogen-bond acceptors (Lipinski definition) is 4. The summed E-state index contributed by atoms with van der Waals surface area (Å²) in [6.45, 7) is 2.19. The molecule has 1 fully saturated rings. The third-order valence-corrected chi connectivity index (χ3v) is 3.20. The van der Waals surface area contributed by atoms with Crippen LogP contribution in [0, 0.1) is 5.92 Å². The lowest BCUT2D eigenvalue weighted by molar-refractivity contribution is 0.604. The summed E-state index contributed by atoms with van der Waals surface area (Å²) in [5, 5.41) is 0.244. The maximum atomic E-state index is 5.82. The molecule has 0 saturated heterocycles. The summed E-state index contributed by atoms with van der Waals surface area (Å²) < 4.78 is 0. The van der Waals surface area contributed by atoms with Gasteiger partial charge in [0.1, 0.15) is 0 Å². The summed E-state index contributed by atoms with van der Waals surface area (Å²) in [4.78, 5) is 10.1. The maximum absolute atomic E-state index is 5.82. The van der Waals surface area contributed by atoms with E-state index in [4.69, 9.17) is 17.3 Å². The number of nitrogens with two attached hydrogens (primary N) is 1. The first-order valence-corrected chi connectivity index (χ1v) is 5.48. The SMILES string of the molecule is CC(C1CC1)N(C)c1nc(Cl)ncc1N. The number of hydrogen-bond donors (Lipinski definition) is 1. The molecule has 1 aromatic rings. The third-order valence-electron chi connectivity index (χ3n) is 3.02. The van der Waals surface area contributed by atoms with E-state index in [1.165, 1.54) is 12.8 Å². The molecule has 4 nitrogen and oxygen atoms in total. The van der Waals surface area contributed by atoms with Gasteiger partial charge in [0.2, 0.25) is 5.28 Å². The van der Waals surface area contributed by atoms with Crippen molar-refractivity contribution in [2.75, 3.05) is 17.7 Å². The molecule has 1 heterocycles. The van der Waals surface area contributed by atoms with Crippen LogP contribution in [0.4, 0.5) is 11.5 Å². The second-order valence-corrected chi connectivity index (χ2v) is 4.44. The van der Waals surface area contributed by atoms with Gasteiger partial charge in [0.05, 0.1) is 11.9 Å². The van der Waals surface area contributed by atoms with Crippen molar-refractivity contribution in [1.29, 1.82) is 0 Å². The lowest BCUT2D eigenvalue weighted by Gasteiger charge is -2.26. The lowest BCUT2D eigenvalue weighted by Crippen LogP contribution is -2.32. The Hall–Kier alpha value is -1.03. The molecule has 5 heteroatoms. The molecule has 1 atom stereocenters. The van der Waals surface area contributed by atoms with Crippen LogP contribution in [-0.4, -0.2) is 23.1 Å². The summed E-state index contributed by atoms with van der Waals surface area (Å²) in [5.41, 5.74) is 6.40. The highest BCUT2D eigenvalue weighted by Gasteiger charge is 2.31. The molecule has 1 aliphatic rings. The van der Waals surface area contributed by atoms with Crippen LogP contribution in [0.2, 0.25) is 5.28 Å². The molecule has 1 aliphatic carbocycles. The van der Waals surface area contributed by atoms with Crippen molar-refractivity contribution in [1.82, 2.24) is 9.97 Å². The fraction of sp³-hybridized carbons (Fsp3) is 0.600. The first kappa shape index (κ1) is 10.5. The monoisotopic (exact) mass is 226 g/mol. The number of anilines is 2. The highest BCUT2D eigenvalue weighted by atomic mass is 35.5. The maximum Gasteiger partial charge on any atom is 0.224 e. The normalized spacial score (nSPS) is 17.5. The fourth-order valence-electron chi connectivity index (χ4n) is 1.73. The van der Waals surface area contributed by atoms with Crippen molar-refractivity contribution in [3.05, 3.63) is 11.5 Å². The molecule has 0 aliphatic heterocycles. The molecule has 0 radical (unpaired) electrons. The Bertz CT molecular complexity index is 364. The lowest BCUT2D eigenvalue weighted by atomic mass is 10.2. The van der Waals surface area contributed by atoms with Crippen LogP contribution in [0.1, 0.15) is 19.8 Å². The van der Waals surface area contributed by atoms with Crippen LogP contribution in [0.5, 0.6) is 0 Å². The minimum Gasteiger partial charge on any atom is -0.394 e. The van der Waals surface area contributed by atoms with Gasteiger partial charge in [0, 0.05) is 13.1 Å². The summed E-state index contributed by atoms with van der Waals surface area (Å²) in [6.07, 6.45) is 4.15. The summed E-state index contributed by atoms with van der Waals surface area (Å²) >= 11 is 5.76. The van der Waals surface area contributed by atoms with Crippen molar-refractivity contribution in [2.24, 2.45) is 5.92 Å². The first-order valence-electron chi connectivity index (χ1n) is 5.10. The van der Waals surface area contributed by atoms with E-state index in [1.54, 1.807) is 6.20 Å². The molecule has 15 heavy (non-hydrogen) atoms. The zero-order chi connectivity index (χ0) is 11.0. The van der Waals surface area contributed by atoms with Gasteiger partial charge in [0.25, 0.3) is 0 Å². The Labute approximate surface area is 94.5 Å². The van der Waals surface area contributed by atoms with Gasteiger partial charge in [-0.3, -0.25) is 0 Å². The van der Waals surface area contributed by atoms with Crippen LogP contribution in [-0.2, 0) is 0 Å². The van der Waals surface area contributed by atoms with E-state index in [2.05, 4.69) is 21.8 Å². The van der Waals surface area contributed by atoms with Gasteiger partial charge in [-0.2, -0.15) is 4.98 Å². The quantitative estimate of drug-likeness (QED) is 0.801. The van der Waals surface area contributed by atoms with E-state index in [1.807, 2.05) is 7.05 Å². The van der Waals surface area contributed by atoms with Gasteiger partial charge in [-0.15, -0.1) is 0 Å². The van der Waals surface area contributed by atoms with Crippen molar-refractivity contribution in [3.63, 3.8) is 0 Å². The van der Waals surface area contributed by atoms with Crippen LogP contribution >= 0.6 is 11.6 Å². The molecule has 0 bridgehead atoms. The standard InChI is InChI=1S/C10H15ClN4/c1-6(7-3-4-7)15(2)9-8(12)5-13-10(11)14-9/h5-7H,3-4,12H2,1-2H3. The molecule has 2 N–H and O–H groups in total. The molecule has 0 amide bonds. The molecular weight excluding hydrogens is 212 g/mol. The summed E-state index contributed by atoms with van der Waals surface area (Å²) in [5.74, 6) is 1.50. The predicted octanol–water partition coefficient (Wildman–Crippen LogP) is 1.95. The average Bonchev–Trinajstić information content (AvgIpc) is 3.03. The minimum atomic E-state index is 0.244. The zero-order valence-corrected chi connectivity index (χ0v) is 9.70. The fourth-order valence-corrected chi connectivity index (χ4v) is 1.86. The predicted molar refractivity (Wildman–Crippen MR) is 62.0 cm³/mol. The van der Waals surface area contributed by atoms with Gasteiger partial charge >= 0.3 is 0 Å². The highest BCUT2D eigenvalue weighted by molar-refractivity contribution is 6.28.